The molecule has 2 N–H and O–H groups in total. The molecule has 2 heterocycles. The van der Waals surface area contributed by atoms with E-state index in [9.17, 15) is 18.2 Å². The van der Waals surface area contributed by atoms with Crippen LogP contribution in [0.4, 0.5) is 4.39 Å². The van der Waals surface area contributed by atoms with Crippen LogP contribution in [0, 0.1) is 5.82 Å². The lowest BCUT2D eigenvalue weighted by atomic mass is 10.0. The second kappa shape index (κ2) is 11.9. The number of amides is 2. The predicted molar refractivity (Wildman–Crippen MR) is 156 cm³/mol. The summed E-state index contributed by atoms with van der Waals surface area (Å²) >= 11 is 11.9. The Morgan fingerprint density at radius 2 is 1.83 bits per heavy atom. The van der Waals surface area contributed by atoms with Crippen LogP contribution < -0.4 is 10.9 Å². The maximum absolute atomic E-state index is 14.2. The minimum Gasteiger partial charge on any atom is -0.454 e. The minimum absolute atomic E-state index is 0.0190. The Kier molecular flexibility index (Phi) is 8.25. The van der Waals surface area contributed by atoms with Crippen LogP contribution in [0.2, 0.25) is 10.3 Å². The summed E-state index contributed by atoms with van der Waals surface area (Å²) in [4.78, 5) is 30.0. The Bertz CT molecular complexity index is 1760. The van der Waals surface area contributed by atoms with Gasteiger partial charge in [0.2, 0.25) is 5.91 Å². The van der Waals surface area contributed by atoms with Crippen molar-refractivity contribution in [2.45, 2.75) is 24.8 Å². The van der Waals surface area contributed by atoms with Crippen molar-refractivity contribution in [3.8, 4) is 0 Å². The third-order valence-electron chi connectivity index (χ3n) is 6.57. The van der Waals surface area contributed by atoms with Crippen LogP contribution in [0.1, 0.15) is 46.3 Å². The summed E-state index contributed by atoms with van der Waals surface area (Å²) in [6.07, 6.45) is 4.91. The molecule has 1 aliphatic rings. The van der Waals surface area contributed by atoms with E-state index in [0.717, 1.165) is 22.3 Å². The van der Waals surface area contributed by atoms with Gasteiger partial charge >= 0.3 is 5.91 Å². The fraction of sp³-hybridized carbons (Fsp3) is 0.138. The topological polar surface area (TPSA) is 106 Å². The van der Waals surface area contributed by atoms with E-state index in [1.54, 1.807) is 35.1 Å². The molecular formula is C29H23Cl2FN4O4S. The highest BCUT2D eigenvalue weighted by molar-refractivity contribution is 7.84. The first-order valence-electron chi connectivity index (χ1n) is 12.3. The van der Waals surface area contributed by atoms with Crippen LogP contribution in [0.25, 0.3) is 17.2 Å². The zero-order valence-electron chi connectivity index (χ0n) is 21.8. The number of nitrogens with zero attached hydrogens (tertiary/aromatic N) is 2. The Balaban J connectivity index is 1.28. The van der Waals surface area contributed by atoms with E-state index < -0.39 is 28.4 Å². The van der Waals surface area contributed by atoms with Gasteiger partial charge in [-0.15, -0.1) is 0 Å². The van der Waals surface area contributed by atoms with Gasteiger partial charge in [0.25, 0.3) is 0 Å². The van der Waals surface area contributed by atoms with Gasteiger partial charge in [0, 0.05) is 22.0 Å². The van der Waals surface area contributed by atoms with Crippen molar-refractivity contribution in [2.24, 2.45) is 0 Å². The molecule has 2 aromatic carbocycles. The Morgan fingerprint density at radius 3 is 2.51 bits per heavy atom. The molecule has 0 aliphatic heterocycles. The van der Waals surface area contributed by atoms with E-state index in [-0.39, 0.29) is 29.0 Å². The van der Waals surface area contributed by atoms with Gasteiger partial charge < -0.3 is 8.98 Å². The van der Waals surface area contributed by atoms with E-state index in [1.807, 2.05) is 25.1 Å². The van der Waals surface area contributed by atoms with Crippen molar-refractivity contribution in [3.05, 3.63) is 111 Å². The number of aromatic nitrogens is 2. The number of allylic oxidation sites excluding steroid dienone is 2. The number of hydrogen-bond acceptors (Lipinski definition) is 5. The Hall–Kier alpha value is -3.99. The first-order valence-corrected chi connectivity index (χ1v) is 14.6. The summed E-state index contributed by atoms with van der Waals surface area (Å²) < 4.78 is 33.1. The molecule has 0 saturated heterocycles. The molecular weight excluding hydrogens is 590 g/mol. The second-order valence-electron chi connectivity index (χ2n) is 9.27. The monoisotopic (exact) mass is 612 g/mol. The molecule has 0 radical (unpaired) electrons. The molecule has 1 atom stereocenters. The highest BCUT2D eigenvalue weighted by Crippen LogP contribution is 2.43. The van der Waals surface area contributed by atoms with Crippen LogP contribution in [0.3, 0.4) is 0 Å². The van der Waals surface area contributed by atoms with Crippen molar-refractivity contribution in [2.75, 3.05) is 6.26 Å². The molecule has 0 fully saturated rings. The zero-order valence-corrected chi connectivity index (χ0v) is 24.2. The van der Waals surface area contributed by atoms with Gasteiger partial charge in [-0.1, -0.05) is 41.4 Å². The number of fused-ring (bicyclic) bond motifs is 1. The number of benzene rings is 2. The number of halogens is 3. The summed E-state index contributed by atoms with van der Waals surface area (Å²) in [6, 6.07) is 14.8. The van der Waals surface area contributed by atoms with Crippen LogP contribution in [-0.4, -0.2) is 31.8 Å². The molecule has 0 saturated carbocycles. The largest absolute Gasteiger partial charge is 0.454 e. The normalized spacial score (nSPS) is 14.3. The third kappa shape index (κ3) is 6.19. The Morgan fingerprint density at radius 1 is 1.07 bits per heavy atom. The van der Waals surface area contributed by atoms with Gasteiger partial charge in [-0.25, -0.2) is 9.37 Å². The van der Waals surface area contributed by atoms with Crippen molar-refractivity contribution < 1.29 is 22.6 Å². The fourth-order valence-electron chi connectivity index (χ4n) is 4.50. The van der Waals surface area contributed by atoms with Gasteiger partial charge in [-0.2, -0.15) is 0 Å². The molecule has 0 spiro atoms. The highest BCUT2D eigenvalue weighted by atomic mass is 35.5. The average molecular weight is 613 g/mol. The third-order valence-corrected chi connectivity index (χ3v) is 8.28. The Labute approximate surface area is 247 Å². The molecule has 4 aromatic rings. The number of hydrazine groups is 1. The quantitative estimate of drug-likeness (QED) is 0.253. The smallest absolute Gasteiger partial charge is 0.305 e. The maximum atomic E-state index is 14.2. The van der Waals surface area contributed by atoms with Crippen molar-refractivity contribution in [1.29, 1.82) is 0 Å². The van der Waals surface area contributed by atoms with Crippen LogP contribution in [0.15, 0.2) is 75.8 Å². The van der Waals surface area contributed by atoms with Gasteiger partial charge in [0.15, 0.2) is 10.9 Å². The number of carbonyl (C=O) groups excluding carboxylic acids is 2. The van der Waals surface area contributed by atoms with E-state index >= 15 is 0 Å². The second-order valence-corrected chi connectivity index (χ2v) is 11.4. The minimum atomic E-state index is -1.09. The first kappa shape index (κ1) is 28.5. The van der Waals surface area contributed by atoms with Crippen LogP contribution in [-0.2, 0) is 22.1 Å². The molecule has 5 rings (SSSR count). The lowest BCUT2D eigenvalue weighted by Crippen LogP contribution is -2.41. The number of hydrogen-bond donors (Lipinski definition) is 2. The molecule has 210 valence electrons. The van der Waals surface area contributed by atoms with E-state index in [1.165, 1.54) is 24.5 Å². The van der Waals surface area contributed by atoms with Gasteiger partial charge in [-0.3, -0.25) is 24.6 Å². The number of furan rings is 1. The average Bonchev–Trinajstić information content (AvgIpc) is 3.62. The van der Waals surface area contributed by atoms with Crippen molar-refractivity contribution in [1.82, 2.24) is 20.4 Å². The maximum Gasteiger partial charge on any atom is 0.305 e. The lowest BCUT2D eigenvalue weighted by molar-refractivity contribution is -0.120. The molecule has 2 aromatic heterocycles. The highest BCUT2D eigenvalue weighted by Gasteiger charge is 2.26. The van der Waals surface area contributed by atoms with Gasteiger partial charge in [0.05, 0.1) is 19.3 Å². The molecule has 1 unspecified atom stereocenters. The summed E-state index contributed by atoms with van der Waals surface area (Å²) in [5.74, 6) is -1.16. The molecule has 41 heavy (non-hydrogen) atoms. The summed E-state index contributed by atoms with van der Waals surface area (Å²) in [5, 5.41) is 0.397. The SMILES string of the molecule is CC1=C(CC(=O)NNC(=O)c2ccc(Cn3cnc(Cl)c3Cl)o2)c2cc(F)ccc2/C1=C\c1ccc(S(C)=O)cc1. The van der Waals surface area contributed by atoms with Crippen molar-refractivity contribution in [3.63, 3.8) is 0 Å². The molecule has 1 aliphatic carbocycles. The number of imidazole rings is 1. The van der Waals surface area contributed by atoms with E-state index in [4.69, 9.17) is 27.6 Å². The molecule has 0 bridgehead atoms. The number of carbonyl (C=O) groups is 2. The van der Waals surface area contributed by atoms with Crippen LogP contribution in [0.5, 0.6) is 0 Å². The first-order chi connectivity index (χ1) is 19.6. The lowest BCUT2D eigenvalue weighted by Gasteiger charge is -2.09. The standard InChI is InChI=1S/C29H23Cl2FN4O4S/c1-16-22(11-17-3-7-20(8-4-17)41(2)39)21-9-5-18(32)12-24(21)23(16)13-26(37)34-35-29(38)25-10-6-19(40-25)14-36-15-33-27(30)28(36)31/h3-12,15H,13-14H2,1-2H3,(H,34,37)(H,35,38)/b22-11-. The van der Waals surface area contributed by atoms with E-state index in [2.05, 4.69) is 15.8 Å². The number of nitrogens with one attached hydrogen (secondary N) is 2. The van der Waals surface area contributed by atoms with Gasteiger partial charge in [0.1, 0.15) is 16.7 Å². The predicted octanol–water partition coefficient (Wildman–Crippen LogP) is 5.89. The summed E-state index contributed by atoms with van der Waals surface area (Å²) in [7, 11) is -1.09. The fourth-order valence-corrected chi connectivity index (χ4v) is 5.33. The number of rotatable bonds is 7. The van der Waals surface area contributed by atoms with E-state index in [0.29, 0.717) is 21.8 Å². The zero-order chi connectivity index (χ0) is 29.3. The molecule has 2 amide bonds. The summed E-state index contributed by atoms with van der Waals surface area (Å²) in [5.41, 5.74) is 9.31. The van der Waals surface area contributed by atoms with Crippen LogP contribution >= 0.6 is 23.2 Å². The van der Waals surface area contributed by atoms with Crippen molar-refractivity contribution >= 4 is 63.0 Å². The van der Waals surface area contributed by atoms with Gasteiger partial charge in [-0.05, 0) is 82.8 Å². The molecule has 8 nitrogen and oxygen atoms in total. The summed E-state index contributed by atoms with van der Waals surface area (Å²) in [6.45, 7) is 2.07. The molecule has 12 heteroatoms.